The molecular formula is C25H30ClFN4O2. The Balaban J connectivity index is 1.48. The fourth-order valence-corrected chi connectivity index (χ4v) is 5.75. The highest BCUT2D eigenvalue weighted by Gasteiger charge is 2.48. The van der Waals surface area contributed by atoms with E-state index in [1.807, 2.05) is 45.9 Å². The van der Waals surface area contributed by atoms with Crippen molar-refractivity contribution in [3.05, 3.63) is 46.4 Å². The van der Waals surface area contributed by atoms with E-state index in [1.54, 1.807) is 4.90 Å². The quantitative estimate of drug-likeness (QED) is 0.504. The van der Waals surface area contributed by atoms with Crippen molar-refractivity contribution in [1.82, 2.24) is 14.9 Å². The minimum absolute atomic E-state index is 0.0625. The van der Waals surface area contributed by atoms with Crippen LogP contribution in [0, 0.1) is 0 Å². The number of ether oxygens (including phenoxy) is 1. The van der Waals surface area contributed by atoms with Gasteiger partial charge in [0.05, 0.1) is 5.69 Å². The number of alkyl halides is 1. The molecule has 1 aliphatic carbocycles. The molecule has 0 bridgehead atoms. The van der Waals surface area contributed by atoms with Crippen LogP contribution in [0.3, 0.4) is 0 Å². The van der Waals surface area contributed by atoms with E-state index in [-0.39, 0.29) is 17.4 Å². The molecule has 2 aromatic rings. The molecule has 3 aliphatic rings. The molecule has 1 amide bonds. The smallest absolute Gasteiger partial charge is 0.410 e. The first-order valence-electron chi connectivity index (χ1n) is 11.6. The molecule has 1 spiro atoms. The molecule has 33 heavy (non-hydrogen) atoms. The molecule has 1 saturated heterocycles. The Bertz CT molecular complexity index is 1090. The van der Waals surface area contributed by atoms with Crippen molar-refractivity contribution in [2.45, 2.75) is 70.1 Å². The van der Waals surface area contributed by atoms with Gasteiger partial charge in [0, 0.05) is 41.3 Å². The predicted molar refractivity (Wildman–Crippen MR) is 126 cm³/mol. The summed E-state index contributed by atoms with van der Waals surface area (Å²) in [6.07, 6.45) is 2.20. The number of likely N-dealkylation sites (tertiary alicyclic amines) is 1. The lowest BCUT2D eigenvalue weighted by Gasteiger charge is -2.40. The molecule has 5 rings (SSSR count). The molecule has 2 atom stereocenters. The van der Waals surface area contributed by atoms with Gasteiger partial charge in [0.15, 0.2) is 0 Å². The van der Waals surface area contributed by atoms with E-state index >= 15 is 0 Å². The minimum atomic E-state index is -1.05. The van der Waals surface area contributed by atoms with Gasteiger partial charge in [-0.2, -0.15) is 0 Å². The molecule has 1 aromatic heterocycles. The van der Waals surface area contributed by atoms with E-state index in [0.29, 0.717) is 30.2 Å². The second-order valence-corrected chi connectivity index (χ2v) is 11.0. The second kappa shape index (κ2) is 7.83. The monoisotopic (exact) mass is 472 g/mol. The molecule has 0 unspecified atom stereocenters. The summed E-state index contributed by atoms with van der Waals surface area (Å²) in [5.41, 5.74) is 2.98. The fraction of sp³-hybridized carbons (Fsp3) is 0.560. The van der Waals surface area contributed by atoms with Crippen LogP contribution in [0.4, 0.5) is 20.7 Å². The summed E-state index contributed by atoms with van der Waals surface area (Å²) >= 11 is 6.43. The number of carbonyl (C=O) groups is 1. The number of aromatic nitrogens is 2. The normalized spacial score (nSPS) is 23.6. The molecule has 1 fully saturated rings. The van der Waals surface area contributed by atoms with Crippen molar-refractivity contribution in [2.75, 3.05) is 24.5 Å². The Kier molecular flexibility index (Phi) is 5.31. The number of piperidine rings is 1. The zero-order valence-corrected chi connectivity index (χ0v) is 20.3. The largest absolute Gasteiger partial charge is 0.444 e. The Hall–Kier alpha value is -2.41. The van der Waals surface area contributed by atoms with Crippen molar-refractivity contribution in [3.63, 3.8) is 0 Å². The number of nitrogens with zero attached hydrogens (tertiary/aromatic N) is 4. The summed E-state index contributed by atoms with van der Waals surface area (Å²) in [6.45, 7) is 9.63. The van der Waals surface area contributed by atoms with E-state index in [9.17, 15) is 9.18 Å². The van der Waals surface area contributed by atoms with Crippen LogP contribution in [-0.4, -0.2) is 46.2 Å². The third-order valence-electron chi connectivity index (χ3n) is 7.15. The first-order valence-corrected chi connectivity index (χ1v) is 12.0. The maximum atomic E-state index is 14.6. The molecule has 6 nitrogen and oxygen atoms in total. The number of benzene rings is 1. The van der Waals surface area contributed by atoms with Crippen LogP contribution in [0.2, 0.25) is 5.02 Å². The lowest BCUT2D eigenvalue weighted by molar-refractivity contribution is 0.0171. The summed E-state index contributed by atoms with van der Waals surface area (Å²) in [6, 6.07) is 5.97. The molecule has 1 aromatic carbocycles. The number of rotatable bonds is 1. The van der Waals surface area contributed by atoms with E-state index in [4.69, 9.17) is 16.3 Å². The van der Waals surface area contributed by atoms with Crippen LogP contribution in [0.1, 0.15) is 75.9 Å². The first-order chi connectivity index (χ1) is 15.6. The Morgan fingerprint density at radius 3 is 2.67 bits per heavy atom. The van der Waals surface area contributed by atoms with Crippen LogP contribution in [-0.2, 0) is 10.2 Å². The molecule has 0 radical (unpaired) electrons. The minimum Gasteiger partial charge on any atom is -0.444 e. The van der Waals surface area contributed by atoms with Crippen LogP contribution < -0.4 is 4.90 Å². The fourth-order valence-electron chi connectivity index (χ4n) is 5.58. The molecule has 176 valence electrons. The van der Waals surface area contributed by atoms with Crippen LogP contribution >= 0.6 is 11.6 Å². The van der Waals surface area contributed by atoms with Crippen LogP contribution in [0.25, 0.3) is 0 Å². The van der Waals surface area contributed by atoms with E-state index in [1.165, 1.54) is 11.9 Å². The Morgan fingerprint density at radius 1 is 1.24 bits per heavy atom. The summed E-state index contributed by atoms with van der Waals surface area (Å²) < 4.78 is 20.2. The third kappa shape index (κ3) is 3.84. The average Bonchev–Trinajstić information content (AvgIpc) is 3.21. The van der Waals surface area contributed by atoms with Gasteiger partial charge >= 0.3 is 6.09 Å². The zero-order valence-electron chi connectivity index (χ0n) is 19.6. The standard InChI is InChI=1S/C25H30ClFN4O2/c1-15-11-18(27)21-20(15)22(29-14-28-21)31-13-25(17-12-16(26)5-6-19(17)31)7-9-30(10-8-25)23(32)33-24(2,3)4/h5-6,12,14-15,18H,7-11,13H2,1-4H3/t15-,18-/m1/s1. The SMILES string of the molecule is C[C@@H]1C[C@@H](F)c2ncnc(N3CC4(CCN(C(=O)OC(C)(C)C)CC4)c4cc(Cl)ccc43)c21. The molecule has 0 saturated carbocycles. The lowest BCUT2D eigenvalue weighted by atomic mass is 9.74. The summed E-state index contributed by atoms with van der Waals surface area (Å²) in [4.78, 5) is 25.5. The van der Waals surface area contributed by atoms with Crippen molar-refractivity contribution in [1.29, 1.82) is 0 Å². The van der Waals surface area contributed by atoms with Gasteiger partial charge in [-0.25, -0.2) is 19.2 Å². The van der Waals surface area contributed by atoms with Crippen LogP contribution in [0.5, 0.6) is 0 Å². The average molecular weight is 473 g/mol. The number of carbonyl (C=O) groups excluding carboxylic acids is 1. The predicted octanol–water partition coefficient (Wildman–Crippen LogP) is 6.07. The van der Waals surface area contributed by atoms with E-state index in [2.05, 4.69) is 14.9 Å². The first kappa shape index (κ1) is 22.4. The summed E-state index contributed by atoms with van der Waals surface area (Å²) in [5.74, 6) is 0.857. The number of fused-ring (bicyclic) bond motifs is 3. The van der Waals surface area contributed by atoms with E-state index in [0.717, 1.165) is 36.5 Å². The van der Waals surface area contributed by atoms with Crippen molar-refractivity contribution < 1.29 is 13.9 Å². The summed E-state index contributed by atoms with van der Waals surface area (Å²) in [7, 11) is 0. The highest BCUT2D eigenvalue weighted by Crippen LogP contribution is 2.53. The van der Waals surface area contributed by atoms with Gasteiger partial charge in [-0.15, -0.1) is 0 Å². The van der Waals surface area contributed by atoms with Crippen molar-refractivity contribution >= 4 is 29.2 Å². The van der Waals surface area contributed by atoms with Gasteiger partial charge in [0.2, 0.25) is 0 Å². The highest BCUT2D eigenvalue weighted by atomic mass is 35.5. The van der Waals surface area contributed by atoms with Gasteiger partial charge < -0.3 is 14.5 Å². The van der Waals surface area contributed by atoms with Gasteiger partial charge in [-0.1, -0.05) is 18.5 Å². The number of anilines is 2. The Labute approximate surface area is 199 Å². The lowest BCUT2D eigenvalue weighted by Crippen LogP contribution is -2.48. The van der Waals surface area contributed by atoms with Crippen molar-refractivity contribution in [2.24, 2.45) is 0 Å². The Morgan fingerprint density at radius 2 is 1.97 bits per heavy atom. The highest BCUT2D eigenvalue weighted by molar-refractivity contribution is 6.30. The van der Waals surface area contributed by atoms with Gasteiger partial charge in [-0.05, 0) is 69.7 Å². The summed E-state index contributed by atoms with van der Waals surface area (Å²) in [5, 5.41) is 0.689. The molecule has 0 N–H and O–H groups in total. The van der Waals surface area contributed by atoms with E-state index < -0.39 is 11.8 Å². The maximum absolute atomic E-state index is 14.6. The topological polar surface area (TPSA) is 58.6 Å². The number of hydrogen-bond acceptors (Lipinski definition) is 5. The molecule has 3 heterocycles. The van der Waals surface area contributed by atoms with Gasteiger partial charge in [-0.3, -0.25) is 0 Å². The number of hydrogen-bond donors (Lipinski definition) is 0. The number of halogens is 2. The van der Waals surface area contributed by atoms with Gasteiger partial charge in [0.25, 0.3) is 0 Å². The van der Waals surface area contributed by atoms with Crippen LogP contribution in [0.15, 0.2) is 24.5 Å². The number of amides is 1. The second-order valence-electron chi connectivity index (χ2n) is 10.6. The maximum Gasteiger partial charge on any atom is 0.410 e. The molecule has 2 aliphatic heterocycles. The van der Waals surface area contributed by atoms with Gasteiger partial charge in [0.1, 0.15) is 23.9 Å². The molecule has 8 heteroatoms. The molecular weight excluding hydrogens is 443 g/mol. The zero-order chi connectivity index (χ0) is 23.5. The van der Waals surface area contributed by atoms with Crippen molar-refractivity contribution in [3.8, 4) is 0 Å². The third-order valence-corrected chi connectivity index (χ3v) is 7.39.